The van der Waals surface area contributed by atoms with Gasteiger partial charge < -0.3 is 40.5 Å². The summed E-state index contributed by atoms with van der Waals surface area (Å²) in [5.74, 6) is 0.936. The van der Waals surface area contributed by atoms with Crippen LogP contribution in [0.5, 0.6) is 5.75 Å². The van der Waals surface area contributed by atoms with Crippen molar-refractivity contribution in [1.82, 2.24) is 4.57 Å². The molecule has 0 saturated carbocycles. The first-order valence-corrected chi connectivity index (χ1v) is 5.27. The summed E-state index contributed by atoms with van der Waals surface area (Å²) in [6.45, 7) is 0. The van der Waals surface area contributed by atoms with E-state index in [9.17, 15) is 0 Å². The van der Waals surface area contributed by atoms with Gasteiger partial charge in [0.25, 0.3) is 0 Å². The fourth-order valence-corrected chi connectivity index (χ4v) is 2.52. The van der Waals surface area contributed by atoms with Crippen LogP contribution in [0.25, 0.3) is 10.9 Å². The number of rotatable bonds is 1. The zero-order valence-corrected chi connectivity index (χ0v) is 13.4. The SMILES string of the molecule is COc1ccc2c3c(n(C)c2c1)C[CH-]C3.[Cl-].[Cl-].[Ti+3]. The minimum Gasteiger partial charge on any atom is -1.00 e. The van der Waals surface area contributed by atoms with Crippen molar-refractivity contribution < 1.29 is 51.3 Å². The molecule has 5 heteroatoms. The van der Waals surface area contributed by atoms with E-state index in [0.717, 1.165) is 18.6 Å². The van der Waals surface area contributed by atoms with Gasteiger partial charge in [0.15, 0.2) is 0 Å². The molecule has 2 aromatic rings. The van der Waals surface area contributed by atoms with Crippen LogP contribution in [-0.4, -0.2) is 11.7 Å². The Hall–Kier alpha value is -0.146. The van der Waals surface area contributed by atoms with Gasteiger partial charge >= 0.3 is 21.7 Å². The van der Waals surface area contributed by atoms with Crippen LogP contribution in [-0.2, 0) is 41.6 Å². The first-order chi connectivity index (χ1) is 7.31. The smallest absolute Gasteiger partial charge is 1.00 e. The minimum absolute atomic E-state index is 0. The van der Waals surface area contributed by atoms with Gasteiger partial charge in [-0.05, 0) is 17.8 Å². The molecule has 1 aliphatic rings. The van der Waals surface area contributed by atoms with Crippen LogP contribution in [0.4, 0.5) is 0 Å². The molecule has 1 radical (unpaired) electrons. The van der Waals surface area contributed by atoms with Gasteiger partial charge in [0.2, 0.25) is 0 Å². The van der Waals surface area contributed by atoms with Crippen LogP contribution < -0.4 is 29.6 Å². The van der Waals surface area contributed by atoms with Crippen LogP contribution in [0.15, 0.2) is 18.2 Å². The molecule has 2 nitrogen and oxygen atoms in total. The van der Waals surface area contributed by atoms with Gasteiger partial charge in [-0.25, -0.2) is 0 Å². The molecule has 0 spiro atoms. The van der Waals surface area contributed by atoms with E-state index in [1.807, 2.05) is 6.07 Å². The molecule has 0 unspecified atom stereocenters. The molecule has 0 saturated heterocycles. The van der Waals surface area contributed by atoms with Crippen molar-refractivity contribution in [3.05, 3.63) is 35.9 Å². The van der Waals surface area contributed by atoms with Crippen LogP contribution in [0.3, 0.4) is 0 Å². The van der Waals surface area contributed by atoms with E-state index < -0.39 is 0 Å². The Labute approximate surface area is 135 Å². The van der Waals surface area contributed by atoms with Crippen molar-refractivity contribution >= 4 is 10.9 Å². The van der Waals surface area contributed by atoms with E-state index in [-0.39, 0.29) is 46.5 Å². The maximum Gasteiger partial charge on any atom is 3.00 e. The predicted molar refractivity (Wildman–Crippen MR) is 61.2 cm³/mol. The number of ether oxygens (including phenoxy) is 1. The number of halogens is 2. The Morgan fingerprint density at radius 1 is 1.22 bits per heavy atom. The summed E-state index contributed by atoms with van der Waals surface area (Å²) in [5, 5.41) is 1.38. The molecule has 1 aliphatic carbocycles. The number of benzene rings is 1. The maximum atomic E-state index is 5.26. The molecule has 0 aliphatic heterocycles. The van der Waals surface area contributed by atoms with Gasteiger partial charge in [0.1, 0.15) is 5.75 Å². The van der Waals surface area contributed by atoms with E-state index >= 15 is 0 Å². The quantitative estimate of drug-likeness (QED) is 0.393. The van der Waals surface area contributed by atoms with Crippen molar-refractivity contribution in [2.24, 2.45) is 7.05 Å². The molecule has 95 valence electrons. The molecule has 18 heavy (non-hydrogen) atoms. The van der Waals surface area contributed by atoms with Crippen LogP contribution in [0.1, 0.15) is 11.3 Å². The average Bonchev–Trinajstić information content (AvgIpc) is 2.83. The maximum absolute atomic E-state index is 5.26. The normalized spacial score (nSPS) is 12.1. The number of methoxy groups -OCH3 is 1. The molecular weight excluding hydrogens is 305 g/mol. The Balaban J connectivity index is 0.000000963. The summed E-state index contributed by atoms with van der Waals surface area (Å²) in [5.41, 5.74) is 4.24. The molecule has 0 amide bonds. The molecule has 0 N–H and O–H groups in total. The second-order valence-electron chi connectivity index (χ2n) is 4.06. The van der Waals surface area contributed by atoms with Crippen LogP contribution in [0.2, 0.25) is 0 Å². The average molecular weight is 319 g/mol. The van der Waals surface area contributed by atoms with Gasteiger partial charge in [0, 0.05) is 18.5 Å². The second kappa shape index (κ2) is 6.86. The third-order valence-corrected chi connectivity index (χ3v) is 3.33. The van der Waals surface area contributed by atoms with Crippen LogP contribution >= 0.6 is 0 Å². The van der Waals surface area contributed by atoms with E-state index in [2.05, 4.69) is 30.2 Å². The zero-order chi connectivity index (χ0) is 10.4. The van der Waals surface area contributed by atoms with Gasteiger partial charge in [0.05, 0.1) is 12.6 Å². The fourth-order valence-electron chi connectivity index (χ4n) is 2.52. The third kappa shape index (κ3) is 2.58. The molecule has 3 rings (SSSR count). The zero-order valence-electron chi connectivity index (χ0n) is 10.3. The van der Waals surface area contributed by atoms with Crippen molar-refractivity contribution in [3.8, 4) is 5.75 Å². The number of fused-ring (bicyclic) bond motifs is 3. The first kappa shape index (κ1) is 17.9. The fraction of sp³-hybridized carbons (Fsp3) is 0.308. The minimum atomic E-state index is 0. The number of hydrogen-bond acceptors (Lipinski definition) is 1. The largest absolute Gasteiger partial charge is 3.00 e. The van der Waals surface area contributed by atoms with Crippen LogP contribution in [0, 0.1) is 6.42 Å². The number of nitrogens with zero attached hydrogens (tertiary/aromatic N) is 1. The van der Waals surface area contributed by atoms with E-state index in [4.69, 9.17) is 4.74 Å². The van der Waals surface area contributed by atoms with Gasteiger partial charge in [-0.1, -0.05) is 5.56 Å². The summed E-state index contributed by atoms with van der Waals surface area (Å²) in [7, 11) is 3.85. The summed E-state index contributed by atoms with van der Waals surface area (Å²) in [6, 6.07) is 6.33. The number of aryl methyl sites for hydroxylation is 1. The van der Waals surface area contributed by atoms with E-state index in [1.165, 1.54) is 22.2 Å². The molecule has 1 aromatic heterocycles. The van der Waals surface area contributed by atoms with Crippen molar-refractivity contribution in [2.75, 3.05) is 7.11 Å². The summed E-state index contributed by atoms with van der Waals surface area (Å²) >= 11 is 0. The third-order valence-electron chi connectivity index (χ3n) is 3.33. The molecule has 1 aromatic carbocycles. The standard InChI is InChI=1S/C13H14NO.2ClH.Ti/c1-14-12-5-3-4-10(12)11-7-6-9(15-2)8-13(11)14;;;/h3,6-8H,4-5H2,1-2H3;2*1H;/q-1;;;+3/p-2. The van der Waals surface area contributed by atoms with E-state index in [1.54, 1.807) is 7.11 Å². The topological polar surface area (TPSA) is 14.2 Å². The number of hydrogen-bond donors (Lipinski definition) is 0. The monoisotopic (exact) mass is 318 g/mol. The molecule has 0 atom stereocenters. The van der Waals surface area contributed by atoms with Gasteiger partial charge in [-0.3, -0.25) is 0 Å². The molecule has 0 fully saturated rings. The Morgan fingerprint density at radius 2 is 1.94 bits per heavy atom. The second-order valence-corrected chi connectivity index (χ2v) is 4.06. The summed E-state index contributed by atoms with van der Waals surface area (Å²) in [6.07, 6.45) is 4.55. The summed E-state index contributed by atoms with van der Waals surface area (Å²) < 4.78 is 7.55. The Morgan fingerprint density at radius 3 is 2.61 bits per heavy atom. The molecule has 0 bridgehead atoms. The van der Waals surface area contributed by atoms with Crippen molar-refractivity contribution in [2.45, 2.75) is 12.8 Å². The Bertz CT molecular complexity index is 539. The van der Waals surface area contributed by atoms with Gasteiger partial charge in [-0.2, -0.15) is 6.42 Å². The molecular formula is C13H14Cl2NOTi. The van der Waals surface area contributed by atoms with E-state index in [0.29, 0.717) is 0 Å². The van der Waals surface area contributed by atoms with Crippen molar-refractivity contribution in [1.29, 1.82) is 0 Å². The summed E-state index contributed by atoms with van der Waals surface area (Å²) in [4.78, 5) is 0. The first-order valence-electron chi connectivity index (χ1n) is 5.27. The number of aromatic nitrogens is 1. The predicted octanol–water partition coefficient (Wildman–Crippen LogP) is -3.50. The van der Waals surface area contributed by atoms with Gasteiger partial charge in [-0.15, -0.1) is 6.42 Å². The van der Waals surface area contributed by atoms with Crippen molar-refractivity contribution in [3.63, 3.8) is 0 Å². The Kier molecular flexibility index (Phi) is 6.80. The molecule has 1 heterocycles.